The number of hydrogen-bond acceptors (Lipinski definition) is 12. The van der Waals surface area contributed by atoms with Gasteiger partial charge in [-0.3, -0.25) is 9.59 Å². The van der Waals surface area contributed by atoms with E-state index in [1.807, 2.05) is 34.6 Å². The maximum absolute atomic E-state index is 14.1. The SMILES string of the molecule is CCN(CC)CCOc1ccc(C(=O)c2c(-c3ccc(OCC(=O)NCC(C)(CNC(C)(C)/C(C)=N/O)CNC(C)(C)/C(C)=N/O)cc3)oc3ccc(Cl)cc23)cc1. The normalized spacial score (nSPS) is 12.9. The zero-order valence-electron chi connectivity index (χ0n) is 35.2. The molecular weight excluding hydrogens is 760 g/mol. The van der Waals surface area contributed by atoms with E-state index < -0.39 is 16.5 Å². The van der Waals surface area contributed by atoms with Gasteiger partial charge in [0.2, 0.25) is 0 Å². The molecule has 0 saturated carbocycles. The highest BCUT2D eigenvalue weighted by Crippen LogP contribution is 2.37. The summed E-state index contributed by atoms with van der Waals surface area (Å²) < 4.78 is 18.1. The summed E-state index contributed by atoms with van der Waals surface area (Å²) in [5, 5.41) is 36.4. The van der Waals surface area contributed by atoms with Crippen LogP contribution in [0.2, 0.25) is 5.02 Å². The van der Waals surface area contributed by atoms with Crippen LogP contribution >= 0.6 is 11.6 Å². The quantitative estimate of drug-likeness (QED) is 0.0230. The lowest BCUT2D eigenvalue weighted by Crippen LogP contribution is -2.57. The number of fused-ring (bicyclic) bond motifs is 1. The van der Waals surface area contributed by atoms with Gasteiger partial charge in [0.25, 0.3) is 5.91 Å². The summed E-state index contributed by atoms with van der Waals surface area (Å²) in [6.07, 6.45) is 0. The molecule has 0 aliphatic carbocycles. The molecule has 4 rings (SSSR count). The van der Waals surface area contributed by atoms with Gasteiger partial charge in [-0.15, -0.1) is 0 Å². The Morgan fingerprint density at radius 2 is 1.34 bits per heavy atom. The summed E-state index contributed by atoms with van der Waals surface area (Å²) in [6.45, 7) is 21.6. The van der Waals surface area contributed by atoms with E-state index in [0.717, 1.165) is 19.6 Å². The first-order valence-corrected chi connectivity index (χ1v) is 19.9. The van der Waals surface area contributed by atoms with Crippen LogP contribution in [0, 0.1) is 5.41 Å². The molecule has 0 spiro atoms. The zero-order chi connectivity index (χ0) is 42.7. The fourth-order valence-corrected chi connectivity index (χ4v) is 6.13. The van der Waals surface area contributed by atoms with Crippen molar-refractivity contribution in [3.8, 4) is 22.8 Å². The maximum atomic E-state index is 14.1. The Hall–Kier alpha value is -4.95. The smallest absolute Gasteiger partial charge is 0.257 e. The van der Waals surface area contributed by atoms with Crippen LogP contribution in [0.15, 0.2) is 81.5 Å². The third-order valence-electron chi connectivity index (χ3n) is 10.8. The number of oxime groups is 2. The Labute approximate surface area is 346 Å². The topological polar surface area (TPSA) is 170 Å². The number of furan rings is 1. The number of carbonyl (C=O) groups excluding carboxylic acids is 2. The fraction of sp³-hybridized carbons (Fsp3) is 0.455. The highest BCUT2D eigenvalue weighted by Gasteiger charge is 2.33. The molecular formula is C44H59ClN6O7. The summed E-state index contributed by atoms with van der Waals surface area (Å²) in [7, 11) is 0. The predicted octanol–water partition coefficient (Wildman–Crippen LogP) is 7.64. The van der Waals surface area contributed by atoms with E-state index >= 15 is 0 Å². The minimum absolute atomic E-state index is 0.222. The maximum Gasteiger partial charge on any atom is 0.257 e. The predicted molar refractivity (Wildman–Crippen MR) is 230 cm³/mol. The number of nitrogens with one attached hydrogen (secondary N) is 3. The number of halogens is 1. The summed E-state index contributed by atoms with van der Waals surface area (Å²) in [5.74, 6) is 0.983. The lowest BCUT2D eigenvalue weighted by Gasteiger charge is -2.38. The average molecular weight is 819 g/mol. The van der Waals surface area contributed by atoms with Crippen molar-refractivity contribution in [3.05, 3.63) is 82.9 Å². The number of ether oxygens (including phenoxy) is 2. The number of rotatable bonds is 22. The first kappa shape index (κ1) is 45.7. The minimum Gasteiger partial charge on any atom is -0.492 e. The van der Waals surface area contributed by atoms with Crippen LogP contribution < -0.4 is 25.4 Å². The summed E-state index contributed by atoms with van der Waals surface area (Å²) >= 11 is 6.38. The number of carbonyl (C=O) groups is 2. The molecule has 0 aliphatic heterocycles. The van der Waals surface area contributed by atoms with Crippen LogP contribution in [0.25, 0.3) is 22.3 Å². The second kappa shape index (κ2) is 20.1. The van der Waals surface area contributed by atoms with Gasteiger partial charge in [0.15, 0.2) is 12.4 Å². The van der Waals surface area contributed by atoms with E-state index in [2.05, 4.69) is 45.0 Å². The highest BCUT2D eigenvalue weighted by atomic mass is 35.5. The van der Waals surface area contributed by atoms with E-state index in [-0.39, 0.29) is 24.8 Å². The van der Waals surface area contributed by atoms with Gasteiger partial charge in [-0.2, -0.15) is 0 Å². The molecule has 0 bridgehead atoms. The molecule has 1 aromatic heterocycles. The molecule has 13 nitrogen and oxygen atoms in total. The average Bonchev–Trinajstić information content (AvgIpc) is 3.60. The fourth-order valence-electron chi connectivity index (χ4n) is 5.95. The molecule has 0 saturated heterocycles. The van der Waals surface area contributed by atoms with E-state index in [1.165, 1.54) is 0 Å². The second-order valence-electron chi connectivity index (χ2n) is 15.9. The molecule has 1 amide bonds. The summed E-state index contributed by atoms with van der Waals surface area (Å²) in [4.78, 5) is 29.5. The van der Waals surface area contributed by atoms with Crippen molar-refractivity contribution in [2.75, 3.05) is 52.5 Å². The number of hydrogen-bond donors (Lipinski definition) is 5. The lowest BCUT2D eigenvalue weighted by molar-refractivity contribution is -0.123. The molecule has 1 heterocycles. The van der Waals surface area contributed by atoms with Gasteiger partial charge < -0.3 is 45.2 Å². The van der Waals surface area contributed by atoms with Gasteiger partial charge in [0.05, 0.1) is 28.1 Å². The molecule has 0 atom stereocenters. The van der Waals surface area contributed by atoms with Crippen molar-refractivity contribution in [2.24, 2.45) is 15.7 Å². The number of ketones is 1. The minimum atomic E-state index is -0.608. The van der Waals surface area contributed by atoms with Crippen LogP contribution in [0.5, 0.6) is 11.5 Å². The molecule has 14 heteroatoms. The van der Waals surface area contributed by atoms with Gasteiger partial charge in [0, 0.05) is 53.1 Å². The largest absolute Gasteiger partial charge is 0.492 e. The van der Waals surface area contributed by atoms with Gasteiger partial charge in [0.1, 0.15) is 29.4 Å². The third-order valence-corrected chi connectivity index (χ3v) is 11.0. The van der Waals surface area contributed by atoms with Gasteiger partial charge in [-0.1, -0.05) is 42.7 Å². The first-order chi connectivity index (χ1) is 27.5. The molecule has 4 aromatic rings. The molecule has 0 unspecified atom stereocenters. The molecule has 5 N–H and O–H groups in total. The Kier molecular flexibility index (Phi) is 15.9. The number of nitrogens with zero attached hydrogens (tertiary/aromatic N) is 3. The molecule has 0 aliphatic rings. The number of benzene rings is 3. The molecule has 0 fully saturated rings. The van der Waals surface area contributed by atoms with E-state index in [0.29, 0.717) is 81.1 Å². The van der Waals surface area contributed by atoms with E-state index in [1.54, 1.807) is 80.6 Å². The van der Waals surface area contributed by atoms with Gasteiger partial charge in [-0.25, -0.2) is 0 Å². The number of amides is 1. The van der Waals surface area contributed by atoms with Crippen LogP contribution in [0.4, 0.5) is 0 Å². The van der Waals surface area contributed by atoms with E-state index in [4.69, 9.17) is 25.5 Å². The summed E-state index contributed by atoms with van der Waals surface area (Å²) in [5.41, 5.74) is 1.32. The Balaban J connectivity index is 1.45. The van der Waals surface area contributed by atoms with Crippen molar-refractivity contribution >= 4 is 45.7 Å². The number of likely N-dealkylation sites (N-methyl/N-ethyl adjacent to an activating group) is 1. The molecule has 314 valence electrons. The van der Waals surface area contributed by atoms with Crippen molar-refractivity contribution in [1.29, 1.82) is 0 Å². The summed E-state index contributed by atoms with van der Waals surface area (Å²) in [6, 6.07) is 19.3. The Morgan fingerprint density at radius 3 is 1.90 bits per heavy atom. The van der Waals surface area contributed by atoms with Crippen molar-refractivity contribution in [1.82, 2.24) is 20.9 Å². The van der Waals surface area contributed by atoms with Crippen LogP contribution in [-0.4, -0.2) is 102 Å². The zero-order valence-corrected chi connectivity index (χ0v) is 35.9. The van der Waals surface area contributed by atoms with Gasteiger partial charge >= 0.3 is 0 Å². The van der Waals surface area contributed by atoms with Crippen LogP contribution in [0.3, 0.4) is 0 Å². The van der Waals surface area contributed by atoms with Crippen LogP contribution in [0.1, 0.15) is 78.2 Å². The third kappa shape index (κ3) is 12.0. The lowest BCUT2D eigenvalue weighted by atomic mass is 9.86. The van der Waals surface area contributed by atoms with Crippen molar-refractivity contribution < 1.29 is 33.9 Å². The van der Waals surface area contributed by atoms with Crippen molar-refractivity contribution in [2.45, 2.75) is 73.4 Å². The highest BCUT2D eigenvalue weighted by molar-refractivity contribution is 6.32. The standard InChI is InChI=1S/C44H59ClN6O7/c1-10-51(11-2)22-23-56-34-17-12-31(13-18-34)40(53)39-36-24-33(45)16-21-37(36)58-41(39)32-14-19-35(20-15-32)57-25-38(52)46-26-44(9,27-47-42(5,6)29(3)49-54)28-48-43(7,8)30(4)50-55/h12-21,24,47-48,54-55H,10-11,22-23,25-28H2,1-9H3,(H,46,52)/b49-29+,50-30+. The second-order valence-corrected chi connectivity index (χ2v) is 16.3. The van der Waals surface area contributed by atoms with Gasteiger partial charge in [-0.05, 0) is 121 Å². The molecule has 3 aromatic carbocycles. The first-order valence-electron chi connectivity index (χ1n) is 19.6. The van der Waals surface area contributed by atoms with E-state index in [9.17, 15) is 20.0 Å². The monoisotopic (exact) mass is 818 g/mol. The Bertz CT molecular complexity index is 2020. The van der Waals surface area contributed by atoms with Crippen LogP contribution in [-0.2, 0) is 4.79 Å². The molecule has 58 heavy (non-hydrogen) atoms. The molecule has 0 radical (unpaired) electrons. The Morgan fingerprint density at radius 1 is 0.793 bits per heavy atom. The van der Waals surface area contributed by atoms with Crippen molar-refractivity contribution in [3.63, 3.8) is 0 Å².